The molecule has 1 aromatic rings. The maximum atomic E-state index is 11.1. The highest BCUT2D eigenvalue weighted by Crippen LogP contribution is 2.44. The summed E-state index contributed by atoms with van der Waals surface area (Å²) in [7, 11) is 1.63. The molecule has 1 heterocycles. The quantitative estimate of drug-likeness (QED) is 0.908. The van der Waals surface area contributed by atoms with Crippen molar-refractivity contribution >= 4 is 5.97 Å². The molecule has 2 rings (SSSR count). The van der Waals surface area contributed by atoms with E-state index in [-0.39, 0.29) is 6.42 Å². The van der Waals surface area contributed by atoms with Crippen molar-refractivity contribution < 1.29 is 19.4 Å². The Balaban J connectivity index is 2.63. The molecule has 0 aliphatic carbocycles. The van der Waals surface area contributed by atoms with Gasteiger partial charge in [0.2, 0.25) is 0 Å². The Hall–Kier alpha value is -1.71. The van der Waals surface area contributed by atoms with Gasteiger partial charge >= 0.3 is 5.97 Å². The molecule has 0 atom stereocenters. The van der Waals surface area contributed by atoms with Crippen molar-refractivity contribution in [2.45, 2.75) is 39.0 Å². The Morgan fingerprint density at radius 3 is 2.79 bits per heavy atom. The molecule has 104 valence electrons. The first kappa shape index (κ1) is 13.7. The number of hydrogen-bond donors (Lipinski definition) is 1. The summed E-state index contributed by atoms with van der Waals surface area (Å²) < 4.78 is 11.1. The molecule has 1 aliphatic heterocycles. The van der Waals surface area contributed by atoms with Gasteiger partial charge in [-0.15, -0.1) is 0 Å². The Kier molecular flexibility index (Phi) is 3.43. The summed E-state index contributed by atoms with van der Waals surface area (Å²) in [6.07, 6.45) is 0.879. The molecule has 0 radical (unpaired) electrons. The van der Waals surface area contributed by atoms with Crippen molar-refractivity contribution in [2.75, 3.05) is 13.7 Å². The van der Waals surface area contributed by atoms with Crippen molar-refractivity contribution in [1.29, 1.82) is 0 Å². The van der Waals surface area contributed by atoms with Crippen LogP contribution in [0.5, 0.6) is 11.5 Å². The Labute approximate surface area is 113 Å². The lowest BCUT2D eigenvalue weighted by Crippen LogP contribution is -2.24. The molecule has 0 saturated heterocycles. The van der Waals surface area contributed by atoms with E-state index in [2.05, 4.69) is 0 Å². The van der Waals surface area contributed by atoms with E-state index in [1.807, 2.05) is 26.8 Å². The molecule has 4 heteroatoms. The third-order valence-electron chi connectivity index (χ3n) is 3.62. The predicted molar refractivity (Wildman–Crippen MR) is 72.2 cm³/mol. The van der Waals surface area contributed by atoms with Crippen LogP contribution in [0.4, 0.5) is 0 Å². The number of rotatable bonds is 4. The summed E-state index contributed by atoms with van der Waals surface area (Å²) in [5, 5.41) is 9.12. The van der Waals surface area contributed by atoms with Crippen LogP contribution in [-0.4, -0.2) is 24.8 Å². The van der Waals surface area contributed by atoms with E-state index in [1.54, 1.807) is 7.11 Å². The number of aryl methyl sites for hydroxylation is 1. The van der Waals surface area contributed by atoms with Gasteiger partial charge in [-0.3, -0.25) is 4.79 Å². The van der Waals surface area contributed by atoms with Crippen molar-refractivity contribution in [2.24, 2.45) is 0 Å². The second-order valence-electron chi connectivity index (χ2n) is 5.63. The van der Waals surface area contributed by atoms with Crippen LogP contribution in [0.2, 0.25) is 0 Å². The number of carboxylic acid groups (broad SMARTS) is 1. The van der Waals surface area contributed by atoms with E-state index >= 15 is 0 Å². The summed E-state index contributed by atoms with van der Waals surface area (Å²) in [6, 6.07) is 1.97. The van der Waals surface area contributed by atoms with Gasteiger partial charge in [-0.2, -0.15) is 0 Å². The zero-order valence-electron chi connectivity index (χ0n) is 11.9. The summed E-state index contributed by atoms with van der Waals surface area (Å²) in [4.78, 5) is 11.1. The number of carbonyl (C=O) groups is 1. The standard InChI is InChI=1S/C15H20O4/c1-9-7-11-10(5-6-19-11)13(14(9)18-4)15(2,3)8-12(16)17/h7H,5-6,8H2,1-4H3,(H,16,17). The third-order valence-corrected chi connectivity index (χ3v) is 3.62. The maximum absolute atomic E-state index is 11.1. The first-order valence-electron chi connectivity index (χ1n) is 6.42. The molecule has 0 saturated carbocycles. The van der Waals surface area contributed by atoms with Crippen LogP contribution in [0.3, 0.4) is 0 Å². The molecular weight excluding hydrogens is 244 g/mol. The van der Waals surface area contributed by atoms with E-state index in [1.165, 1.54) is 0 Å². The summed E-state index contributed by atoms with van der Waals surface area (Å²) in [5.74, 6) is 0.850. The monoisotopic (exact) mass is 264 g/mol. The fraction of sp³-hybridized carbons (Fsp3) is 0.533. The van der Waals surface area contributed by atoms with Crippen molar-refractivity contribution in [3.8, 4) is 11.5 Å². The normalized spacial score (nSPS) is 13.9. The van der Waals surface area contributed by atoms with Gasteiger partial charge in [0.25, 0.3) is 0 Å². The fourth-order valence-corrected chi connectivity index (χ4v) is 2.89. The van der Waals surface area contributed by atoms with Crippen LogP contribution in [0.15, 0.2) is 6.07 Å². The van der Waals surface area contributed by atoms with Crippen LogP contribution >= 0.6 is 0 Å². The summed E-state index contributed by atoms with van der Waals surface area (Å²) in [5.41, 5.74) is 2.57. The summed E-state index contributed by atoms with van der Waals surface area (Å²) in [6.45, 7) is 6.49. The Morgan fingerprint density at radius 2 is 2.21 bits per heavy atom. The minimum absolute atomic E-state index is 0.0687. The van der Waals surface area contributed by atoms with Crippen LogP contribution in [0.1, 0.15) is 37.0 Å². The number of carboxylic acids is 1. The minimum Gasteiger partial charge on any atom is -0.496 e. The number of aliphatic carboxylic acids is 1. The molecule has 4 nitrogen and oxygen atoms in total. The topological polar surface area (TPSA) is 55.8 Å². The Bertz CT molecular complexity index is 514. The second-order valence-corrected chi connectivity index (χ2v) is 5.63. The molecule has 0 spiro atoms. The molecule has 0 unspecified atom stereocenters. The average Bonchev–Trinajstić information content (AvgIpc) is 2.72. The molecule has 1 N–H and O–H groups in total. The van der Waals surface area contributed by atoms with E-state index in [4.69, 9.17) is 14.6 Å². The van der Waals surface area contributed by atoms with Gasteiger partial charge in [-0.05, 0) is 18.6 Å². The number of benzene rings is 1. The zero-order valence-corrected chi connectivity index (χ0v) is 11.9. The van der Waals surface area contributed by atoms with E-state index < -0.39 is 11.4 Å². The van der Waals surface area contributed by atoms with E-state index in [9.17, 15) is 4.79 Å². The number of methoxy groups -OCH3 is 1. The predicted octanol–water partition coefficient (Wildman–Crippen LogP) is 2.69. The lowest BCUT2D eigenvalue weighted by atomic mass is 9.77. The molecule has 0 bridgehead atoms. The lowest BCUT2D eigenvalue weighted by Gasteiger charge is -2.28. The zero-order chi connectivity index (χ0) is 14.2. The average molecular weight is 264 g/mol. The second kappa shape index (κ2) is 4.76. The van der Waals surface area contributed by atoms with Gasteiger partial charge in [-0.25, -0.2) is 0 Å². The van der Waals surface area contributed by atoms with Gasteiger partial charge in [0, 0.05) is 23.0 Å². The van der Waals surface area contributed by atoms with Crippen LogP contribution in [0, 0.1) is 6.92 Å². The maximum Gasteiger partial charge on any atom is 0.304 e. The van der Waals surface area contributed by atoms with Gasteiger partial charge < -0.3 is 14.6 Å². The van der Waals surface area contributed by atoms with Crippen molar-refractivity contribution in [1.82, 2.24) is 0 Å². The lowest BCUT2D eigenvalue weighted by molar-refractivity contribution is -0.138. The van der Waals surface area contributed by atoms with Gasteiger partial charge in [0.1, 0.15) is 11.5 Å². The first-order chi connectivity index (χ1) is 8.86. The third kappa shape index (κ3) is 2.39. The first-order valence-corrected chi connectivity index (χ1v) is 6.42. The molecule has 19 heavy (non-hydrogen) atoms. The Morgan fingerprint density at radius 1 is 1.53 bits per heavy atom. The smallest absolute Gasteiger partial charge is 0.304 e. The van der Waals surface area contributed by atoms with Gasteiger partial charge in [0.05, 0.1) is 20.1 Å². The highest BCUT2D eigenvalue weighted by molar-refractivity contribution is 5.70. The number of fused-ring (bicyclic) bond motifs is 1. The molecule has 0 fully saturated rings. The molecule has 1 aliphatic rings. The molecule has 1 aromatic carbocycles. The summed E-state index contributed by atoms with van der Waals surface area (Å²) >= 11 is 0. The largest absolute Gasteiger partial charge is 0.496 e. The van der Waals surface area contributed by atoms with Gasteiger partial charge in [-0.1, -0.05) is 13.8 Å². The van der Waals surface area contributed by atoms with E-state index in [0.717, 1.165) is 34.6 Å². The van der Waals surface area contributed by atoms with Crippen molar-refractivity contribution in [3.63, 3.8) is 0 Å². The molecular formula is C15H20O4. The molecule has 0 amide bonds. The molecule has 0 aromatic heterocycles. The van der Waals surface area contributed by atoms with Crippen molar-refractivity contribution in [3.05, 3.63) is 22.8 Å². The minimum atomic E-state index is -0.804. The van der Waals surface area contributed by atoms with Crippen LogP contribution < -0.4 is 9.47 Å². The number of ether oxygens (including phenoxy) is 2. The highest BCUT2D eigenvalue weighted by atomic mass is 16.5. The van der Waals surface area contributed by atoms with Gasteiger partial charge in [0.15, 0.2) is 0 Å². The SMILES string of the molecule is COc1c(C)cc2c(c1C(C)(C)CC(=O)O)CCO2. The number of hydrogen-bond acceptors (Lipinski definition) is 3. The van der Waals surface area contributed by atoms with Crippen LogP contribution in [-0.2, 0) is 16.6 Å². The van der Waals surface area contributed by atoms with Crippen LogP contribution in [0.25, 0.3) is 0 Å². The fourth-order valence-electron chi connectivity index (χ4n) is 2.89. The van der Waals surface area contributed by atoms with E-state index in [0.29, 0.717) is 6.61 Å². The highest BCUT2D eigenvalue weighted by Gasteiger charge is 2.34.